The summed E-state index contributed by atoms with van der Waals surface area (Å²) in [4.78, 5) is 23.3. The van der Waals surface area contributed by atoms with Crippen molar-refractivity contribution < 1.29 is 14.8 Å². The van der Waals surface area contributed by atoms with Gasteiger partial charge >= 0.3 is 6.03 Å². The Morgan fingerprint density at radius 2 is 2.05 bits per heavy atom. The molecule has 1 atom stereocenters. The van der Waals surface area contributed by atoms with Crippen LogP contribution in [0.2, 0.25) is 5.02 Å². The van der Waals surface area contributed by atoms with Crippen LogP contribution in [0.1, 0.15) is 20.3 Å². The molecule has 0 radical (unpaired) electrons. The van der Waals surface area contributed by atoms with E-state index in [0.717, 1.165) is 0 Å². The molecule has 1 aromatic carbocycles. The fraction of sp³-hybridized carbons (Fsp3) is 0.385. The first-order chi connectivity index (χ1) is 9.42. The lowest BCUT2D eigenvalue weighted by Gasteiger charge is -2.18. The number of hydroxylamine groups is 1. The number of amides is 3. The van der Waals surface area contributed by atoms with Gasteiger partial charge in [-0.05, 0) is 30.5 Å². The highest BCUT2D eigenvalue weighted by Crippen LogP contribution is 2.14. The van der Waals surface area contributed by atoms with Crippen LogP contribution in [0.15, 0.2) is 24.3 Å². The van der Waals surface area contributed by atoms with Gasteiger partial charge in [-0.25, -0.2) is 10.3 Å². The van der Waals surface area contributed by atoms with Gasteiger partial charge in [0.1, 0.15) is 6.04 Å². The summed E-state index contributed by atoms with van der Waals surface area (Å²) in [5, 5.41) is 14.2. The molecule has 1 aromatic rings. The van der Waals surface area contributed by atoms with Crippen LogP contribution in [-0.2, 0) is 4.79 Å². The third kappa shape index (κ3) is 5.46. The maximum Gasteiger partial charge on any atom is 0.319 e. The highest BCUT2D eigenvalue weighted by Gasteiger charge is 2.21. The van der Waals surface area contributed by atoms with Crippen LogP contribution in [0.4, 0.5) is 10.5 Å². The van der Waals surface area contributed by atoms with Gasteiger partial charge in [0.15, 0.2) is 0 Å². The first-order valence-corrected chi connectivity index (χ1v) is 6.57. The van der Waals surface area contributed by atoms with Crippen molar-refractivity contribution in [2.75, 3.05) is 5.32 Å². The van der Waals surface area contributed by atoms with Gasteiger partial charge in [-0.3, -0.25) is 10.0 Å². The second kappa shape index (κ2) is 7.72. The molecule has 7 heteroatoms. The molecule has 0 bridgehead atoms. The van der Waals surface area contributed by atoms with E-state index in [2.05, 4.69) is 10.6 Å². The summed E-state index contributed by atoms with van der Waals surface area (Å²) < 4.78 is 0. The Bertz CT molecular complexity index is 480. The SMILES string of the molecule is CC(C)C[C@H](NC(=O)Nc1cccc(Cl)c1)C(=O)NO. The number of benzene rings is 1. The summed E-state index contributed by atoms with van der Waals surface area (Å²) >= 11 is 5.81. The van der Waals surface area contributed by atoms with Gasteiger partial charge in [-0.2, -0.15) is 0 Å². The van der Waals surface area contributed by atoms with E-state index in [9.17, 15) is 9.59 Å². The van der Waals surface area contributed by atoms with Crippen molar-refractivity contribution in [3.05, 3.63) is 29.3 Å². The van der Waals surface area contributed by atoms with Crippen molar-refractivity contribution in [2.45, 2.75) is 26.3 Å². The van der Waals surface area contributed by atoms with Crippen LogP contribution in [0, 0.1) is 5.92 Å². The van der Waals surface area contributed by atoms with Crippen LogP contribution in [-0.4, -0.2) is 23.2 Å². The number of carbonyl (C=O) groups is 2. The Morgan fingerprint density at radius 1 is 1.35 bits per heavy atom. The van der Waals surface area contributed by atoms with Gasteiger partial charge in [-0.15, -0.1) is 0 Å². The molecular weight excluding hydrogens is 282 g/mol. The fourth-order valence-corrected chi connectivity index (χ4v) is 1.86. The highest BCUT2D eigenvalue weighted by atomic mass is 35.5. The quantitative estimate of drug-likeness (QED) is 0.497. The van der Waals surface area contributed by atoms with E-state index in [4.69, 9.17) is 16.8 Å². The Morgan fingerprint density at radius 3 is 2.60 bits per heavy atom. The van der Waals surface area contributed by atoms with Crippen LogP contribution in [0.25, 0.3) is 0 Å². The molecule has 1 rings (SSSR count). The van der Waals surface area contributed by atoms with Crippen LogP contribution < -0.4 is 16.1 Å². The van der Waals surface area contributed by atoms with Gasteiger partial charge in [0.2, 0.25) is 0 Å². The molecule has 0 fully saturated rings. The maximum atomic E-state index is 11.8. The van der Waals surface area contributed by atoms with Crippen LogP contribution in [0.3, 0.4) is 0 Å². The van der Waals surface area contributed by atoms with E-state index in [1.165, 1.54) is 0 Å². The first-order valence-electron chi connectivity index (χ1n) is 6.19. The summed E-state index contributed by atoms with van der Waals surface area (Å²) in [6.07, 6.45) is 0.412. The Hall–Kier alpha value is -1.79. The minimum atomic E-state index is -0.806. The zero-order valence-electron chi connectivity index (χ0n) is 11.3. The van der Waals surface area contributed by atoms with Gasteiger partial charge in [0.25, 0.3) is 5.91 Å². The number of halogens is 1. The molecule has 0 saturated heterocycles. The molecule has 4 N–H and O–H groups in total. The monoisotopic (exact) mass is 299 g/mol. The summed E-state index contributed by atoms with van der Waals surface area (Å²) in [5.74, 6) is -0.469. The average Bonchev–Trinajstić information content (AvgIpc) is 2.36. The van der Waals surface area contributed by atoms with Crippen LogP contribution >= 0.6 is 11.6 Å². The summed E-state index contributed by atoms with van der Waals surface area (Å²) in [6.45, 7) is 3.82. The first kappa shape index (κ1) is 16.3. The van der Waals surface area contributed by atoms with Crippen molar-refractivity contribution in [1.29, 1.82) is 0 Å². The van der Waals surface area contributed by atoms with Crippen molar-refractivity contribution >= 4 is 29.2 Å². The van der Waals surface area contributed by atoms with Crippen molar-refractivity contribution in [1.82, 2.24) is 10.8 Å². The third-order valence-corrected chi connectivity index (χ3v) is 2.76. The van der Waals surface area contributed by atoms with Gasteiger partial charge in [-0.1, -0.05) is 31.5 Å². The predicted octanol–water partition coefficient (Wildman–Crippen LogP) is 2.38. The molecular formula is C13H18ClN3O3. The molecule has 6 nitrogen and oxygen atoms in total. The average molecular weight is 300 g/mol. The number of carbonyl (C=O) groups excluding carboxylic acids is 2. The lowest BCUT2D eigenvalue weighted by molar-refractivity contribution is -0.131. The number of rotatable bonds is 5. The summed E-state index contributed by atoms with van der Waals surface area (Å²) in [7, 11) is 0. The largest absolute Gasteiger partial charge is 0.326 e. The Balaban J connectivity index is 2.64. The second-order valence-electron chi connectivity index (χ2n) is 4.77. The minimum absolute atomic E-state index is 0.184. The van der Waals surface area contributed by atoms with E-state index in [1.54, 1.807) is 29.7 Å². The third-order valence-electron chi connectivity index (χ3n) is 2.52. The van der Waals surface area contributed by atoms with Crippen LogP contribution in [0.5, 0.6) is 0 Å². The molecule has 0 unspecified atom stereocenters. The zero-order chi connectivity index (χ0) is 15.1. The highest BCUT2D eigenvalue weighted by molar-refractivity contribution is 6.30. The minimum Gasteiger partial charge on any atom is -0.326 e. The fourth-order valence-electron chi connectivity index (χ4n) is 1.67. The molecule has 0 aliphatic carbocycles. The zero-order valence-corrected chi connectivity index (χ0v) is 12.1. The van der Waals surface area contributed by atoms with E-state index in [-0.39, 0.29) is 5.92 Å². The van der Waals surface area contributed by atoms with Gasteiger partial charge < -0.3 is 10.6 Å². The number of hydrogen-bond donors (Lipinski definition) is 4. The maximum absolute atomic E-state index is 11.8. The molecule has 0 heterocycles. The normalized spacial score (nSPS) is 11.8. The smallest absolute Gasteiger partial charge is 0.319 e. The number of nitrogens with one attached hydrogen (secondary N) is 3. The van der Waals surface area contributed by atoms with Crippen molar-refractivity contribution in [2.24, 2.45) is 5.92 Å². The van der Waals surface area contributed by atoms with Gasteiger partial charge in [0, 0.05) is 10.7 Å². The van der Waals surface area contributed by atoms with E-state index >= 15 is 0 Å². The Labute approximate surface area is 122 Å². The molecule has 3 amide bonds. The number of hydrogen-bond acceptors (Lipinski definition) is 3. The van der Waals surface area contributed by atoms with Crippen molar-refractivity contribution in [3.63, 3.8) is 0 Å². The van der Waals surface area contributed by atoms with E-state index in [0.29, 0.717) is 17.1 Å². The number of anilines is 1. The second-order valence-corrected chi connectivity index (χ2v) is 5.20. The van der Waals surface area contributed by atoms with E-state index in [1.807, 2.05) is 13.8 Å². The molecule has 0 aliphatic rings. The summed E-state index contributed by atoms with van der Waals surface area (Å²) in [6, 6.07) is 5.30. The molecule has 110 valence electrons. The van der Waals surface area contributed by atoms with Crippen molar-refractivity contribution in [3.8, 4) is 0 Å². The van der Waals surface area contributed by atoms with E-state index < -0.39 is 18.0 Å². The summed E-state index contributed by atoms with van der Waals surface area (Å²) in [5.41, 5.74) is 2.06. The molecule has 0 saturated carbocycles. The molecule has 20 heavy (non-hydrogen) atoms. The number of urea groups is 1. The topological polar surface area (TPSA) is 90.5 Å². The van der Waals surface area contributed by atoms with Gasteiger partial charge in [0.05, 0.1) is 0 Å². The standard InChI is InChI=1S/C13H18ClN3O3/c1-8(2)6-11(12(18)17-20)16-13(19)15-10-5-3-4-9(14)7-10/h3-5,7-8,11,20H,6H2,1-2H3,(H,17,18)(H2,15,16,19)/t11-/m0/s1. The molecule has 0 aliphatic heterocycles. The molecule has 0 spiro atoms. The predicted molar refractivity (Wildman–Crippen MR) is 76.8 cm³/mol. The lowest BCUT2D eigenvalue weighted by atomic mass is 10.0. The Kier molecular flexibility index (Phi) is 6.27. The molecule has 0 aromatic heterocycles. The lowest BCUT2D eigenvalue weighted by Crippen LogP contribution is -2.48.